The van der Waals surface area contributed by atoms with Gasteiger partial charge in [0, 0.05) is 37.1 Å². The summed E-state index contributed by atoms with van der Waals surface area (Å²) in [7, 11) is 0. The maximum Gasteiger partial charge on any atom is 0.269 e. The lowest BCUT2D eigenvalue weighted by atomic mass is 9.54. The standard InChI is InChI=1S/C17H25N3O4.ClH/c1-4-24-14-11-17(18,16(14,2)3)15(21)19-10-9-12-5-7-13(8-6-12)20(22)23;/h5-8,14H,4,9-11,18H2,1-3H3,(H,19,21);1H. The zero-order valence-electron chi connectivity index (χ0n) is 14.8. The topological polar surface area (TPSA) is 107 Å². The molecule has 2 rings (SSSR count). The minimum atomic E-state index is -0.928. The summed E-state index contributed by atoms with van der Waals surface area (Å²) >= 11 is 0. The van der Waals surface area contributed by atoms with E-state index in [2.05, 4.69) is 5.32 Å². The fourth-order valence-electron chi connectivity index (χ4n) is 3.08. The molecule has 1 aromatic rings. The summed E-state index contributed by atoms with van der Waals surface area (Å²) in [5.41, 5.74) is 5.95. The number of carbonyl (C=O) groups is 1. The quantitative estimate of drug-likeness (QED) is 0.564. The van der Waals surface area contributed by atoms with Crippen LogP contribution >= 0.6 is 12.4 Å². The van der Waals surface area contributed by atoms with Crippen LogP contribution in [-0.2, 0) is 16.0 Å². The molecule has 8 heteroatoms. The van der Waals surface area contributed by atoms with Crippen molar-refractivity contribution in [3.05, 3.63) is 39.9 Å². The second-order valence-electron chi connectivity index (χ2n) is 6.77. The molecule has 1 saturated carbocycles. The van der Waals surface area contributed by atoms with Gasteiger partial charge in [-0.2, -0.15) is 0 Å². The highest BCUT2D eigenvalue weighted by molar-refractivity contribution is 5.88. The van der Waals surface area contributed by atoms with Gasteiger partial charge in [-0.3, -0.25) is 14.9 Å². The number of nitro benzene ring substituents is 1. The van der Waals surface area contributed by atoms with Crippen LogP contribution < -0.4 is 11.1 Å². The Bertz CT molecular complexity index is 621. The molecule has 2 unspecified atom stereocenters. The van der Waals surface area contributed by atoms with Crippen molar-refractivity contribution < 1.29 is 14.5 Å². The number of benzene rings is 1. The second-order valence-corrected chi connectivity index (χ2v) is 6.77. The Morgan fingerprint density at radius 2 is 2.00 bits per heavy atom. The molecule has 0 aromatic heterocycles. The number of nitrogens with one attached hydrogen (secondary N) is 1. The molecular formula is C17H26ClN3O4. The van der Waals surface area contributed by atoms with E-state index in [0.717, 1.165) is 5.56 Å². The third kappa shape index (κ3) is 4.11. The molecule has 0 bridgehead atoms. The highest BCUT2D eigenvalue weighted by atomic mass is 35.5. The van der Waals surface area contributed by atoms with Crippen LogP contribution in [0, 0.1) is 15.5 Å². The number of hydrogen-bond acceptors (Lipinski definition) is 5. The largest absolute Gasteiger partial charge is 0.378 e. The summed E-state index contributed by atoms with van der Waals surface area (Å²) in [5.74, 6) is -0.176. The summed E-state index contributed by atoms with van der Waals surface area (Å²) in [6, 6.07) is 6.31. The van der Waals surface area contributed by atoms with Gasteiger partial charge < -0.3 is 15.8 Å². The number of amides is 1. The molecule has 2 atom stereocenters. The molecule has 25 heavy (non-hydrogen) atoms. The fourth-order valence-corrected chi connectivity index (χ4v) is 3.08. The zero-order chi connectivity index (χ0) is 18.0. The lowest BCUT2D eigenvalue weighted by molar-refractivity contribution is -0.384. The van der Waals surface area contributed by atoms with E-state index in [-0.39, 0.29) is 30.1 Å². The van der Waals surface area contributed by atoms with Gasteiger partial charge in [0.05, 0.1) is 11.0 Å². The highest BCUT2D eigenvalue weighted by Crippen LogP contribution is 2.49. The minimum Gasteiger partial charge on any atom is -0.378 e. The van der Waals surface area contributed by atoms with Crippen LogP contribution in [-0.4, -0.2) is 35.6 Å². The number of rotatable bonds is 7. The minimum absolute atomic E-state index is 0. The predicted molar refractivity (Wildman–Crippen MR) is 97.8 cm³/mol. The van der Waals surface area contributed by atoms with E-state index in [1.807, 2.05) is 20.8 Å². The van der Waals surface area contributed by atoms with Crippen LogP contribution in [0.1, 0.15) is 32.8 Å². The number of nitrogens with zero attached hydrogens (tertiary/aromatic N) is 1. The van der Waals surface area contributed by atoms with Gasteiger partial charge in [0.15, 0.2) is 0 Å². The molecule has 1 fully saturated rings. The molecule has 1 aliphatic rings. The molecule has 0 aliphatic heterocycles. The van der Waals surface area contributed by atoms with Crippen molar-refractivity contribution in [2.75, 3.05) is 13.2 Å². The first-order valence-electron chi connectivity index (χ1n) is 8.14. The van der Waals surface area contributed by atoms with Crippen LogP contribution in [0.3, 0.4) is 0 Å². The summed E-state index contributed by atoms with van der Waals surface area (Å²) < 4.78 is 5.63. The van der Waals surface area contributed by atoms with Gasteiger partial charge in [-0.1, -0.05) is 26.0 Å². The number of carbonyl (C=O) groups excluding carboxylic acids is 1. The molecule has 3 N–H and O–H groups in total. The van der Waals surface area contributed by atoms with Gasteiger partial charge in [0.1, 0.15) is 5.54 Å². The van der Waals surface area contributed by atoms with Crippen molar-refractivity contribution in [2.24, 2.45) is 11.1 Å². The SMILES string of the molecule is CCOC1CC(N)(C(=O)NCCc2ccc([N+](=O)[O-])cc2)C1(C)C.Cl. The Hall–Kier alpha value is -1.70. The Kier molecular flexibility index (Phi) is 6.93. The summed E-state index contributed by atoms with van der Waals surface area (Å²) in [6.45, 7) is 6.87. The number of halogens is 1. The molecule has 0 heterocycles. The third-order valence-electron chi connectivity index (χ3n) is 5.08. The van der Waals surface area contributed by atoms with Crippen LogP contribution in [0.4, 0.5) is 5.69 Å². The van der Waals surface area contributed by atoms with E-state index >= 15 is 0 Å². The maximum atomic E-state index is 12.5. The van der Waals surface area contributed by atoms with E-state index in [4.69, 9.17) is 10.5 Å². The van der Waals surface area contributed by atoms with Crippen molar-refractivity contribution in [3.63, 3.8) is 0 Å². The molecule has 0 saturated heterocycles. The van der Waals surface area contributed by atoms with Gasteiger partial charge >= 0.3 is 0 Å². The first-order valence-corrected chi connectivity index (χ1v) is 8.14. The van der Waals surface area contributed by atoms with E-state index < -0.39 is 15.9 Å². The fraction of sp³-hybridized carbons (Fsp3) is 0.588. The smallest absolute Gasteiger partial charge is 0.269 e. The van der Waals surface area contributed by atoms with Crippen LogP contribution in [0.25, 0.3) is 0 Å². The van der Waals surface area contributed by atoms with Crippen molar-refractivity contribution in [2.45, 2.75) is 45.3 Å². The number of nitrogens with two attached hydrogens (primary N) is 1. The Morgan fingerprint density at radius 1 is 1.40 bits per heavy atom. The van der Waals surface area contributed by atoms with Crippen molar-refractivity contribution >= 4 is 24.0 Å². The molecule has 0 radical (unpaired) electrons. The molecule has 0 spiro atoms. The maximum absolute atomic E-state index is 12.5. The Balaban J connectivity index is 0.00000312. The number of nitro groups is 1. The summed E-state index contributed by atoms with van der Waals surface area (Å²) in [4.78, 5) is 22.7. The Labute approximate surface area is 153 Å². The third-order valence-corrected chi connectivity index (χ3v) is 5.08. The molecule has 1 aliphatic carbocycles. The summed E-state index contributed by atoms with van der Waals surface area (Å²) in [5, 5.41) is 13.5. The second kappa shape index (κ2) is 8.12. The zero-order valence-corrected chi connectivity index (χ0v) is 15.6. The van der Waals surface area contributed by atoms with Crippen molar-refractivity contribution in [1.82, 2.24) is 5.32 Å². The van der Waals surface area contributed by atoms with E-state index in [9.17, 15) is 14.9 Å². The molecular weight excluding hydrogens is 346 g/mol. The predicted octanol–water partition coefficient (Wildman–Crippen LogP) is 2.21. The number of hydrogen-bond donors (Lipinski definition) is 2. The lowest BCUT2D eigenvalue weighted by Crippen LogP contribution is -2.75. The van der Waals surface area contributed by atoms with Crippen LogP contribution in [0.2, 0.25) is 0 Å². The first kappa shape index (κ1) is 21.3. The molecule has 7 nitrogen and oxygen atoms in total. The Morgan fingerprint density at radius 3 is 2.48 bits per heavy atom. The van der Waals surface area contributed by atoms with Crippen LogP contribution in [0.5, 0.6) is 0 Å². The van der Waals surface area contributed by atoms with Gasteiger partial charge in [0.25, 0.3) is 5.69 Å². The van der Waals surface area contributed by atoms with E-state index in [1.165, 1.54) is 12.1 Å². The van der Waals surface area contributed by atoms with Crippen molar-refractivity contribution in [1.29, 1.82) is 0 Å². The first-order chi connectivity index (χ1) is 11.2. The summed E-state index contributed by atoms with van der Waals surface area (Å²) in [6.07, 6.45) is 1.10. The van der Waals surface area contributed by atoms with E-state index in [0.29, 0.717) is 26.0 Å². The van der Waals surface area contributed by atoms with E-state index in [1.54, 1.807) is 12.1 Å². The van der Waals surface area contributed by atoms with Crippen molar-refractivity contribution in [3.8, 4) is 0 Å². The van der Waals surface area contributed by atoms with Crippen LogP contribution in [0.15, 0.2) is 24.3 Å². The van der Waals surface area contributed by atoms with Gasteiger partial charge in [-0.25, -0.2) is 0 Å². The number of non-ortho nitro benzene ring substituents is 1. The normalized spacial score (nSPS) is 23.9. The van der Waals surface area contributed by atoms with Gasteiger partial charge in [-0.15, -0.1) is 12.4 Å². The lowest BCUT2D eigenvalue weighted by Gasteiger charge is -2.57. The highest BCUT2D eigenvalue weighted by Gasteiger charge is 2.62. The average Bonchev–Trinajstić information content (AvgIpc) is 2.54. The average molecular weight is 372 g/mol. The number of ether oxygens (including phenoxy) is 1. The van der Waals surface area contributed by atoms with Gasteiger partial charge in [0.2, 0.25) is 5.91 Å². The molecule has 1 amide bonds. The molecule has 140 valence electrons. The monoisotopic (exact) mass is 371 g/mol. The molecule has 1 aromatic carbocycles. The van der Waals surface area contributed by atoms with Gasteiger partial charge in [-0.05, 0) is 18.9 Å².